The number of likely N-dealkylation sites (tertiary alicyclic amines) is 1. The number of esters is 1. The van der Waals surface area contributed by atoms with E-state index in [0.29, 0.717) is 24.8 Å². The van der Waals surface area contributed by atoms with Crippen molar-refractivity contribution in [2.75, 3.05) is 20.2 Å². The Morgan fingerprint density at radius 1 is 1.25 bits per heavy atom. The predicted octanol–water partition coefficient (Wildman–Crippen LogP) is 0.824. The summed E-state index contributed by atoms with van der Waals surface area (Å²) >= 11 is 0. The monoisotopic (exact) mass is 336 g/mol. The molecule has 2 N–H and O–H groups in total. The second-order valence-corrected chi connectivity index (χ2v) is 8.59. The normalized spacial score (nSPS) is 43.2. The second-order valence-electron chi connectivity index (χ2n) is 8.59. The maximum Gasteiger partial charge on any atom is 0.328 e. The highest BCUT2D eigenvalue weighted by Gasteiger charge is 2.57. The lowest BCUT2D eigenvalue weighted by molar-refractivity contribution is -0.153. The van der Waals surface area contributed by atoms with Crippen molar-refractivity contribution < 1.29 is 19.4 Å². The standard InChI is InChI=1S/C18H28N2O4/c1-24-16(22)14-3-2-4-20(14)15(21)10-19-17-6-12-5-13(7-17)9-18(23,8-12)11-17/h12-14,19,23H,2-11H2,1H3/t12-,13+,14-,17?,18?/m0/s1. The zero-order chi connectivity index (χ0) is 16.9. The van der Waals surface area contributed by atoms with Gasteiger partial charge in [-0.1, -0.05) is 0 Å². The van der Waals surface area contributed by atoms with Crippen LogP contribution in [0.15, 0.2) is 0 Å². The van der Waals surface area contributed by atoms with Crippen molar-refractivity contribution in [2.24, 2.45) is 11.8 Å². The summed E-state index contributed by atoms with van der Waals surface area (Å²) in [5.74, 6) is 0.845. The molecule has 24 heavy (non-hydrogen) atoms. The van der Waals surface area contributed by atoms with E-state index in [2.05, 4.69) is 5.32 Å². The summed E-state index contributed by atoms with van der Waals surface area (Å²) in [5, 5.41) is 14.3. The van der Waals surface area contributed by atoms with Crippen LogP contribution in [0.3, 0.4) is 0 Å². The van der Waals surface area contributed by atoms with E-state index >= 15 is 0 Å². The number of rotatable bonds is 4. The minimum atomic E-state index is -0.525. The molecule has 2 unspecified atom stereocenters. The fourth-order valence-corrected chi connectivity index (χ4v) is 6.23. The van der Waals surface area contributed by atoms with Gasteiger partial charge < -0.3 is 20.1 Å². The molecule has 5 aliphatic rings. The molecule has 1 heterocycles. The average Bonchev–Trinajstić information content (AvgIpc) is 2.99. The van der Waals surface area contributed by atoms with Crippen LogP contribution < -0.4 is 5.32 Å². The van der Waals surface area contributed by atoms with Crippen molar-refractivity contribution in [2.45, 2.75) is 68.5 Å². The van der Waals surface area contributed by atoms with Gasteiger partial charge in [0, 0.05) is 12.1 Å². The molecule has 5 atom stereocenters. The average molecular weight is 336 g/mol. The van der Waals surface area contributed by atoms with E-state index in [4.69, 9.17) is 4.74 Å². The molecule has 4 saturated carbocycles. The maximum atomic E-state index is 12.6. The van der Waals surface area contributed by atoms with Crippen molar-refractivity contribution in [3.8, 4) is 0 Å². The summed E-state index contributed by atoms with van der Waals surface area (Å²) in [5.41, 5.74) is -0.614. The molecule has 6 heteroatoms. The molecule has 1 aliphatic heterocycles. The summed E-state index contributed by atoms with van der Waals surface area (Å²) in [6, 6.07) is -0.426. The van der Waals surface area contributed by atoms with Gasteiger partial charge in [-0.2, -0.15) is 0 Å². The minimum absolute atomic E-state index is 0.0226. The number of hydrogen-bond acceptors (Lipinski definition) is 5. The molecule has 0 aromatic carbocycles. The molecular formula is C18H28N2O4. The van der Waals surface area contributed by atoms with Crippen LogP contribution in [0.5, 0.6) is 0 Å². The Labute approximate surface area is 142 Å². The van der Waals surface area contributed by atoms with Gasteiger partial charge in [0.05, 0.1) is 19.3 Å². The highest BCUT2D eigenvalue weighted by Crippen LogP contribution is 2.57. The van der Waals surface area contributed by atoms with Gasteiger partial charge in [-0.3, -0.25) is 4.79 Å². The van der Waals surface area contributed by atoms with Crippen LogP contribution in [0, 0.1) is 11.8 Å². The lowest BCUT2D eigenvalue weighted by atomic mass is 9.51. The first-order chi connectivity index (χ1) is 11.4. The first-order valence-corrected chi connectivity index (χ1v) is 9.27. The van der Waals surface area contributed by atoms with E-state index in [1.807, 2.05) is 0 Å². The Morgan fingerprint density at radius 2 is 1.96 bits per heavy atom. The van der Waals surface area contributed by atoms with Gasteiger partial charge in [0.1, 0.15) is 6.04 Å². The SMILES string of the molecule is COC(=O)[C@@H]1CCCN1C(=O)CNC12C[C@@H]3C[C@@H](CC(O)(C3)C1)C2. The van der Waals surface area contributed by atoms with E-state index in [9.17, 15) is 14.7 Å². The lowest BCUT2D eigenvalue weighted by Crippen LogP contribution is -2.65. The highest BCUT2D eigenvalue weighted by atomic mass is 16.5. The number of hydrogen-bond donors (Lipinski definition) is 2. The molecule has 0 aromatic rings. The summed E-state index contributed by atoms with van der Waals surface area (Å²) < 4.78 is 4.82. The van der Waals surface area contributed by atoms with Crippen molar-refractivity contribution >= 4 is 11.9 Å². The van der Waals surface area contributed by atoms with E-state index in [-0.39, 0.29) is 24.0 Å². The first-order valence-electron chi connectivity index (χ1n) is 9.27. The number of nitrogens with zero attached hydrogens (tertiary/aromatic N) is 1. The van der Waals surface area contributed by atoms with Crippen LogP contribution in [0.25, 0.3) is 0 Å². The molecule has 0 radical (unpaired) electrons. The predicted molar refractivity (Wildman–Crippen MR) is 87.1 cm³/mol. The van der Waals surface area contributed by atoms with Crippen LogP contribution in [0.4, 0.5) is 0 Å². The van der Waals surface area contributed by atoms with Crippen molar-refractivity contribution in [1.29, 1.82) is 0 Å². The molecule has 4 aliphatic carbocycles. The minimum Gasteiger partial charge on any atom is -0.467 e. The maximum absolute atomic E-state index is 12.6. The van der Waals surface area contributed by atoms with Crippen LogP contribution in [-0.4, -0.2) is 59.3 Å². The Balaban J connectivity index is 1.40. The number of nitrogens with one attached hydrogen (secondary N) is 1. The molecular weight excluding hydrogens is 308 g/mol. The molecule has 6 nitrogen and oxygen atoms in total. The van der Waals surface area contributed by atoms with Gasteiger partial charge in [-0.15, -0.1) is 0 Å². The van der Waals surface area contributed by atoms with Crippen molar-refractivity contribution in [3.63, 3.8) is 0 Å². The summed E-state index contributed by atoms with van der Waals surface area (Å²) in [6.45, 7) is 0.880. The van der Waals surface area contributed by atoms with Gasteiger partial charge in [0.2, 0.25) is 5.91 Å². The molecule has 1 amide bonds. The summed E-state index contributed by atoms with van der Waals surface area (Å²) in [4.78, 5) is 26.1. The first kappa shape index (κ1) is 16.3. The quantitative estimate of drug-likeness (QED) is 0.743. The van der Waals surface area contributed by atoms with E-state index in [0.717, 1.165) is 38.5 Å². The van der Waals surface area contributed by atoms with Gasteiger partial charge in [0.25, 0.3) is 0 Å². The summed E-state index contributed by atoms with van der Waals surface area (Å²) in [6.07, 6.45) is 7.53. The molecule has 4 bridgehead atoms. The number of carbonyl (C=O) groups excluding carboxylic acids is 2. The number of amides is 1. The number of aliphatic hydroxyl groups is 1. The highest BCUT2D eigenvalue weighted by molar-refractivity contribution is 5.86. The molecule has 5 rings (SSSR count). The third kappa shape index (κ3) is 2.73. The zero-order valence-electron chi connectivity index (χ0n) is 14.4. The van der Waals surface area contributed by atoms with Crippen LogP contribution >= 0.6 is 0 Å². The third-order valence-electron chi connectivity index (χ3n) is 6.69. The van der Waals surface area contributed by atoms with Gasteiger partial charge in [0.15, 0.2) is 0 Å². The molecule has 0 spiro atoms. The molecule has 0 aromatic heterocycles. The molecule has 5 fully saturated rings. The van der Waals surface area contributed by atoms with Crippen molar-refractivity contribution in [1.82, 2.24) is 10.2 Å². The number of methoxy groups -OCH3 is 1. The Kier molecular flexibility index (Phi) is 3.88. The van der Waals surface area contributed by atoms with Gasteiger partial charge >= 0.3 is 5.97 Å². The molecule has 1 saturated heterocycles. The number of carbonyl (C=O) groups is 2. The van der Waals surface area contributed by atoms with E-state index in [1.165, 1.54) is 13.5 Å². The van der Waals surface area contributed by atoms with Crippen molar-refractivity contribution in [3.05, 3.63) is 0 Å². The lowest BCUT2D eigenvalue weighted by Gasteiger charge is -2.60. The largest absolute Gasteiger partial charge is 0.467 e. The van der Waals surface area contributed by atoms with Crippen LogP contribution in [0.2, 0.25) is 0 Å². The smallest absolute Gasteiger partial charge is 0.328 e. The van der Waals surface area contributed by atoms with E-state index in [1.54, 1.807) is 4.90 Å². The van der Waals surface area contributed by atoms with Crippen LogP contribution in [0.1, 0.15) is 51.4 Å². The Morgan fingerprint density at radius 3 is 2.58 bits per heavy atom. The number of ether oxygens (including phenoxy) is 1. The Hall–Kier alpha value is -1.14. The fourth-order valence-electron chi connectivity index (χ4n) is 6.23. The fraction of sp³-hybridized carbons (Fsp3) is 0.889. The van der Waals surface area contributed by atoms with Gasteiger partial charge in [-0.25, -0.2) is 4.79 Å². The van der Waals surface area contributed by atoms with Crippen LogP contribution in [-0.2, 0) is 14.3 Å². The molecule has 134 valence electrons. The third-order valence-corrected chi connectivity index (χ3v) is 6.69. The zero-order valence-corrected chi connectivity index (χ0v) is 14.4. The summed E-state index contributed by atoms with van der Waals surface area (Å²) in [7, 11) is 1.37. The van der Waals surface area contributed by atoms with E-state index < -0.39 is 11.6 Å². The second kappa shape index (κ2) is 5.70. The topological polar surface area (TPSA) is 78.9 Å². The van der Waals surface area contributed by atoms with Gasteiger partial charge in [-0.05, 0) is 63.2 Å². The Bertz CT molecular complexity index is 535.